The van der Waals surface area contributed by atoms with Crippen molar-refractivity contribution in [1.82, 2.24) is 4.90 Å². The van der Waals surface area contributed by atoms with Crippen molar-refractivity contribution in [1.29, 1.82) is 0 Å². The summed E-state index contributed by atoms with van der Waals surface area (Å²) < 4.78 is 0. The second kappa shape index (κ2) is 5.80. The Morgan fingerprint density at radius 3 is 3.00 bits per heavy atom. The summed E-state index contributed by atoms with van der Waals surface area (Å²) in [6.07, 6.45) is 4.68. The topological polar surface area (TPSA) is 23.5 Å². The molecule has 0 aliphatic carbocycles. The molecular weight excluding hydrogens is 218 g/mol. The Morgan fingerprint density at radius 1 is 1.44 bits per heavy atom. The van der Waals surface area contributed by atoms with Crippen LogP contribution in [-0.2, 0) is 0 Å². The smallest absolute Gasteiger partial charge is 0.0442 e. The first kappa shape index (κ1) is 12.1. The van der Waals surface area contributed by atoms with Gasteiger partial charge in [0.2, 0.25) is 0 Å². The molecule has 90 valence electrons. The number of aliphatic hydroxyl groups is 1. The van der Waals surface area contributed by atoms with Crippen LogP contribution in [-0.4, -0.2) is 29.7 Å². The van der Waals surface area contributed by atoms with Crippen molar-refractivity contribution in [3.05, 3.63) is 21.9 Å². The fraction of sp³-hybridized carbons (Fsp3) is 0.692. The maximum atomic E-state index is 8.81. The molecule has 0 bridgehead atoms. The summed E-state index contributed by atoms with van der Waals surface area (Å²) in [5.41, 5.74) is 0. The molecule has 2 heterocycles. The summed E-state index contributed by atoms with van der Waals surface area (Å²) in [5, 5.41) is 8.81. The van der Waals surface area contributed by atoms with Crippen molar-refractivity contribution in [3.63, 3.8) is 0 Å². The largest absolute Gasteiger partial charge is 0.396 e. The van der Waals surface area contributed by atoms with Gasteiger partial charge in [-0.15, -0.1) is 11.3 Å². The third-order valence-electron chi connectivity index (χ3n) is 3.31. The molecule has 1 aliphatic rings. The first-order valence-corrected chi connectivity index (χ1v) is 7.04. The van der Waals surface area contributed by atoms with Gasteiger partial charge in [-0.05, 0) is 57.8 Å². The van der Waals surface area contributed by atoms with Crippen molar-refractivity contribution >= 4 is 11.3 Å². The molecule has 0 amide bonds. The summed E-state index contributed by atoms with van der Waals surface area (Å²) in [5.74, 6) is 0. The Labute approximate surface area is 102 Å². The minimum Gasteiger partial charge on any atom is -0.396 e. The van der Waals surface area contributed by atoms with Crippen LogP contribution >= 0.6 is 11.3 Å². The molecule has 0 saturated carbocycles. The number of rotatable bonds is 5. The molecule has 1 unspecified atom stereocenters. The Bertz CT molecular complexity index is 323. The van der Waals surface area contributed by atoms with Crippen LogP contribution in [0, 0.1) is 6.92 Å². The molecule has 0 radical (unpaired) electrons. The van der Waals surface area contributed by atoms with Crippen LogP contribution in [0.5, 0.6) is 0 Å². The van der Waals surface area contributed by atoms with Gasteiger partial charge in [0.15, 0.2) is 0 Å². The van der Waals surface area contributed by atoms with E-state index in [9.17, 15) is 0 Å². The van der Waals surface area contributed by atoms with E-state index in [1.54, 1.807) is 0 Å². The van der Waals surface area contributed by atoms with Crippen molar-refractivity contribution < 1.29 is 5.11 Å². The maximum absolute atomic E-state index is 8.81. The summed E-state index contributed by atoms with van der Waals surface area (Å²) in [6.45, 7) is 4.88. The van der Waals surface area contributed by atoms with Gasteiger partial charge >= 0.3 is 0 Å². The summed E-state index contributed by atoms with van der Waals surface area (Å²) in [4.78, 5) is 5.53. The van der Waals surface area contributed by atoms with E-state index in [4.69, 9.17) is 5.11 Å². The SMILES string of the molecule is Cc1ccc(C2CCCN2CCCCO)s1. The van der Waals surface area contributed by atoms with Gasteiger partial charge in [-0.3, -0.25) is 4.90 Å². The molecule has 0 spiro atoms. The first-order chi connectivity index (χ1) is 7.81. The van der Waals surface area contributed by atoms with Crippen LogP contribution in [0.1, 0.15) is 41.5 Å². The molecule has 1 saturated heterocycles. The van der Waals surface area contributed by atoms with E-state index in [0.717, 1.165) is 19.4 Å². The normalized spacial score (nSPS) is 21.8. The zero-order chi connectivity index (χ0) is 11.4. The monoisotopic (exact) mass is 239 g/mol. The van der Waals surface area contributed by atoms with Gasteiger partial charge in [-0.25, -0.2) is 0 Å². The molecule has 1 atom stereocenters. The van der Waals surface area contributed by atoms with Crippen LogP contribution in [0.2, 0.25) is 0 Å². The second-order valence-corrected chi connectivity index (χ2v) is 5.89. The minimum atomic E-state index is 0.330. The predicted molar refractivity (Wildman–Crippen MR) is 68.9 cm³/mol. The third kappa shape index (κ3) is 2.84. The summed E-state index contributed by atoms with van der Waals surface area (Å²) in [7, 11) is 0. The van der Waals surface area contributed by atoms with Crippen LogP contribution in [0.15, 0.2) is 12.1 Å². The van der Waals surface area contributed by atoms with E-state index in [1.165, 1.54) is 29.1 Å². The second-order valence-electron chi connectivity index (χ2n) is 4.57. The lowest BCUT2D eigenvalue weighted by Gasteiger charge is -2.23. The number of hydrogen-bond acceptors (Lipinski definition) is 3. The molecule has 2 rings (SSSR count). The Hall–Kier alpha value is -0.380. The van der Waals surface area contributed by atoms with Gasteiger partial charge in [0.25, 0.3) is 0 Å². The van der Waals surface area contributed by atoms with E-state index in [2.05, 4.69) is 24.0 Å². The lowest BCUT2D eigenvalue weighted by Crippen LogP contribution is -2.24. The van der Waals surface area contributed by atoms with Gasteiger partial charge in [-0.1, -0.05) is 0 Å². The molecule has 1 N–H and O–H groups in total. The number of aliphatic hydroxyl groups excluding tert-OH is 1. The van der Waals surface area contributed by atoms with Crippen molar-refractivity contribution in [2.75, 3.05) is 19.7 Å². The molecule has 0 aromatic carbocycles. The molecule has 1 aromatic rings. The van der Waals surface area contributed by atoms with Crippen LogP contribution < -0.4 is 0 Å². The van der Waals surface area contributed by atoms with E-state index >= 15 is 0 Å². The molecule has 16 heavy (non-hydrogen) atoms. The van der Waals surface area contributed by atoms with Crippen LogP contribution in [0.25, 0.3) is 0 Å². The average molecular weight is 239 g/mol. The average Bonchev–Trinajstić information content (AvgIpc) is 2.87. The number of nitrogens with zero attached hydrogens (tertiary/aromatic N) is 1. The highest BCUT2D eigenvalue weighted by Gasteiger charge is 2.26. The summed E-state index contributed by atoms with van der Waals surface area (Å²) in [6, 6.07) is 5.16. The van der Waals surface area contributed by atoms with E-state index in [-0.39, 0.29) is 0 Å². The van der Waals surface area contributed by atoms with Gasteiger partial charge in [0, 0.05) is 22.4 Å². The van der Waals surface area contributed by atoms with Crippen LogP contribution in [0.3, 0.4) is 0 Å². The maximum Gasteiger partial charge on any atom is 0.0442 e. The van der Waals surface area contributed by atoms with E-state index in [1.807, 2.05) is 11.3 Å². The van der Waals surface area contributed by atoms with Crippen LogP contribution in [0.4, 0.5) is 0 Å². The lowest BCUT2D eigenvalue weighted by atomic mass is 10.2. The molecule has 1 fully saturated rings. The Balaban J connectivity index is 1.92. The fourth-order valence-electron chi connectivity index (χ4n) is 2.48. The zero-order valence-corrected chi connectivity index (χ0v) is 10.8. The summed E-state index contributed by atoms with van der Waals surface area (Å²) >= 11 is 1.94. The highest BCUT2D eigenvalue weighted by atomic mass is 32.1. The van der Waals surface area contributed by atoms with Gasteiger partial charge in [0.05, 0.1) is 0 Å². The molecule has 2 nitrogen and oxygen atoms in total. The molecule has 1 aliphatic heterocycles. The Morgan fingerprint density at radius 2 is 2.31 bits per heavy atom. The fourth-order valence-corrected chi connectivity index (χ4v) is 3.52. The zero-order valence-electron chi connectivity index (χ0n) is 9.98. The quantitative estimate of drug-likeness (QED) is 0.799. The lowest BCUT2D eigenvalue weighted by molar-refractivity contribution is 0.232. The van der Waals surface area contributed by atoms with Crippen molar-refractivity contribution in [2.24, 2.45) is 0 Å². The highest BCUT2D eigenvalue weighted by Crippen LogP contribution is 2.35. The molecule has 1 aromatic heterocycles. The Kier molecular flexibility index (Phi) is 4.38. The van der Waals surface area contributed by atoms with Crippen molar-refractivity contribution in [2.45, 2.75) is 38.6 Å². The highest BCUT2D eigenvalue weighted by molar-refractivity contribution is 7.12. The number of unbranched alkanes of at least 4 members (excludes halogenated alkanes) is 1. The number of thiophene rings is 1. The standard InChI is InChI=1S/C13H21NOS/c1-11-6-7-13(16-11)12-5-4-9-14(12)8-2-3-10-15/h6-7,12,15H,2-5,8-10H2,1H3. The number of likely N-dealkylation sites (tertiary alicyclic amines) is 1. The predicted octanol–water partition coefficient (Wildman–Crippen LogP) is 2.97. The van der Waals surface area contributed by atoms with E-state index < -0.39 is 0 Å². The third-order valence-corrected chi connectivity index (χ3v) is 4.41. The number of hydrogen-bond donors (Lipinski definition) is 1. The number of aryl methyl sites for hydroxylation is 1. The van der Waals surface area contributed by atoms with Gasteiger partial charge < -0.3 is 5.11 Å². The first-order valence-electron chi connectivity index (χ1n) is 6.22. The molecule has 3 heteroatoms. The van der Waals surface area contributed by atoms with Crippen molar-refractivity contribution in [3.8, 4) is 0 Å². The van der Waals surface area contributed by atoms with E-state index in [0.29, 0.717) is 12.6 Å². The van der Waals surface area contributed by atoms with Gasteiger partial charge in [-0.2, -0.15) is 0 Å². The van der Waals surface area contributed by atoms with Gasteiger partial charge in [0.1, 0.15) is 0 Å². The minimum absolute atomic E-state index is 0.330. The molecular formula is C13H21NOS.